The third-order valence-corrected chi connectivity index (χ3v) is 3.09. The quantitative estimate of drug-likeness (QED) is 0.529. The minimum absolute atomic E-state index is 0.0717. The topological polar surface area (TPSA) is 145 Å². The van der Waals surface area contributed by atoms with Gasteiger partial charge in [0.2, 0.25) is 11.8 Å². The molecule has 1 aromatic heterocycles. The number of esters is 1. The fourth-order valence-electron chi connectivity index (χ4n) is 1.92. The first-order valence-corrected chi connectivity index (χ1v) is 7.26. The van der Waals surface area contributed by atoms with E-state index in [2.05, 4.69) is 4.98 Å². The van der Waals surface area contributed by atoms with Crippen LogP contribution in [0.25, 0.3) is 0 Å². The maximum Gasteiger partial charge on any atom is 0.328 e. The predicted octanol–water partition coefficient (Wildman–Crippen LogP) is -1.89. The average molecular weight is 340 g/mol. The van der Waals surface area contributed by atoms with Gasteiger partial charge < -0.3 is 15.4 Å². The monoisotopic (exact) mass is 340 g/mol. The second-order valence-electron chi connectivity index (χ2n) is 5.04. The number of carbonyl (C=O) groups is 3. The molecule has 0 aromatic carbocycles. The van der Waals surface area contributed by atoms with E-state index in [4.69, 9.17) is 10.5 Å². The number of primary amides is 1. The molecule has 1 heterocycles. The van der Waals surface area contributed by atoms with E-state index < -0.39 is 42.1 Å². The van der Waals surface area contributed by atoms with E-state index in [0.29, 0.717) is 0 Å². The lowest BCUT2D eigenvalue weighted by atomic mass is 10.3. The molecule has 0 spiro atoms. The van der Waals surface area contributed by atoms with Crippen molar-refractivity contribution in [3.63, 3.8) is 0 Å². The zero-order valence-corrected chi connectivity index (χ0v) is 13.5. The second kappa shape index (κ2) is 8.65. The number of hydrogen-bond acceptors (Lipinski definition) is 6. The van der Waals surface area contributed by atoms with Crippen LogP contribution in [0.15, 0.2) is 15.8 Å². The molecule has 0 bridgehead atoms. The molecule has 0 aliphatic carbocycles. The van der Waals surface area contributed by atoms with Gasteiger partial charge in [-0.2, -0.15) is 0 Å². The molecule has 0 radical (unpaired) electrons. The highest BCUT2D eigenvalue weighted by atomic mass is 16.5. The molecule has 0 saturated heterocycles. The summed E-state index contributed by atoms with van der Waals surface area (Å²) in [6.45, 7) is 2.48. The van der Waals surface area contributed by atoms with E-state index in [0.717, 1.165) is 9.47 Å². The number of aromatic nitrogens is 2. The summed E-state index contributed by atoms with van der Waals surface area (Å²) in [4.78, 5) is 60.9. The summed E-state index contributed by atoms with van der Waals surface area (Å²) < 4.78 is 5.77. The maximum absolute atomic E-state index is 12.3. The highest BCUT2D eigenvalue weighted by Crippen LogP contribution is 1.98. The van der Waals surface area contributed by atoms with Gasteiger partial charge in [0, 0.05) is 18.3 Å². The third kappa shape index (κ3) is 5.71. The lowest BCUT2D eigenvalue weighted by molar-refractivity contribution is -0.144. The lowest BCUT2D eigenvalue weighted by Crippen LogP contribution is -2.43. The van der Waals surface area contributed by atoms with Gasteiger partial charge in [0.1, 0.15) is 6.54 Å². The van der Waals surface area contributed by atoms with Gasteiger partial charge in [-0.1, -0.05) is 0 Å². The van der Waals surface area contributed by atoms with Crippen LogP contribution in [-0.2, 0) is 25.7 Å². The molecule has 10 heteroatoms. The first kappa shape index (κ1) is 19.1. The number of amides is 2. The number of aryl methyl sites for hydroxylation is 1. The van der Waals surface area contributed by atoms with Crippen LogP contribution >= 0.6 is 0 Å². The van der Waals surface area contributed by atoms with Crippen molar-refractivity contribution in [1.82, 2.24) is 14.5 Å². The Morgan fingerprint density at radius 3 is 2.58 bits per heavy atom. The van der Waals surface area contributed by atoms with Crippen LogP contribution in [0.2, 0.25) is 0 Å². The smallest absolute Gasteiger partial charge is 0.328 e. The zero-order valence-electron chi connectivity index (χ0n) is 13.5. The van der Waals surface area contributed by atoms with Crippen molar-refractivity contribution in [2.45, 2.75) is 26.8 Å². The van der Waals surface area contributed by atoms with Gasteiger partial charge in [-0.05, 0) is 13.8 Å². The van der Waals surface area contributed by atoms with Crippen LogP contribution in [0.1, 0.15) is 18.9 Å². The Hall–Kier alpha value is -2.91. The van der Waals surface area contributed by atoms with E-state index >= 15 is 0 Å². The summed E-state index contributed by atoms with van der Waals surface area (Å²) in [5.41, 5.74) is 4.07. The Morgan fingerprint density at radius 2 is 2.00 bits per heavy atom. The summed E-state index contributed by atoms with van der Waals surface area (Å²) in [7, 11) is 0. The Balaban J connectivity index is 2.86. The standard InChI is InChI=1S/C14H20N4O6/c1-3-24-12(21)4-5-17(7-10(15)19)11(20)8-18-6-9(2)13(22)16-14(18)23/h6H,3-5,7-8H2,1-2H3,(H2,15,19)(H,16,22,23). The van der Waals surface area contributed by atoms with Crippen molar-refractivity contribution in [3.05, 3.63) is 32.6 Å². The van der Waals surface area contributed by atoms with Crippen molar-refractivity contribution in [3.8, 4) is 0 Å². The molecule has 2 amide bonds. The molecular weight excluding hydrogens is 320 g/mol. The van der Waals surface area contributed by atoms with E-state index in [1.54, 1.807) is 6.92 Å². The Labute approximate surface area is 137 Å². The first-order chi connectivity index (χ1) is 11.2. The van der Waals surface area contributed by atoms with Crippen molar-refractivity contribution >= 4 is 17.8 Å². The summed E-state index contributed by atoms with van der Waals surface area (Å²) >= 11 is 0. The van der Waals surface area contributed by atoms with Gasteiger partial charge in [-0.3, -0.25) is 28.7 Å². The van der Waals surface area contributed by atoms with Crippen LogP contribution < -0.4 is 17.0 Å². The first-order valence-electron chi connectivity index (χ1n) is 7.26. The van der Waals surface area contributed by atoms with Crippen molar-refractivity contribution < 1.29 is 19.1 Å². The van der Waals surface area contributed by atoms with E-state index in [1.807, 2.05) is 0 Å². The van der Waals surface area contributed by atoms with E-state index in [1.165, 1.54) is 13.1 Å². The molecule has 1 aromatic rings. The molecule has 0 saturated carbocycles. The summed E-state index contributed by atoms with van der Waals surface area (Å²) in [5, 5.41) is 0. The maximum atomic E-state index is 12.3. The number of nitrogens with one attached hydrogen (secondary N) is 1. The largest absolute Gasteiger partial charge is 0.466 e. The molecule has 24 heavy (non-hydrogen) atoms. The Kier molecular flexibility index (Phi) is 6.90. The molecule has 0 atom stereocenters. The molecule has 0 fully saturated rings. The molecule has 3 N–H and O–H groups in total. The summed E-state index contributed by atoms with van der Waals surface area (Å²) in [5.74, 6) is -1.86. The molecule has 1 rings (SSSR count). The lowest BCUT2D eigenvalue weighted by Gasteiger charge is -2.21. The number of H-pyrrole nitrogens is 1. The number of rotatable bonds is 8. The highest BCUT2D eigenvalue weighted by Gasteiger charge is 2.18. The van der Waals surface area contributed by atoms with Gasteiger partial charge in [0.05, 0.1) is 19.6 Å². The molecule has 10 nitrogen and oxygen atoms in total. The second-order valence-corrected chi connectivity index (χ2v) is 5.04. The fourth-order valence-corrected chi connectivity index (χ4v) is 1.92. The number of carbonyl (C=O) groups excluding carboxylic acids is 3. The predicted molar refractivity (Wildman–Crippen MR) is 83.1 cm³/mol. The highest BCUT2D eigenvalue weighted by molar-refractivity contribution is 5.84. The molecule has 0 aliphatic heterocycles. The molecule has 132 valence electrons. The van der Waals surface area contributed by atoms with Crippen LogP contribution in [0, 0.1) is 6.92 Å². The van der Waals surface area contributed by atoms with Gasteiger partial charge >= 0.3 is 11.7 Å². The Bertz CT molecular complexity index is 736. The fraction of sp³-hybridized carbons (Fsp3) is 0.500. The van der Waals surface area contributed by atoms with E-state index in [-0.39, 0.29) is 25.1 Å². The number of hydrogen-bond donors (Lipinski definition) is 2. The van der Waals surface area contributed by atoms with E-state index in [9.17, 15) is 24.0 Å². The summed E-state index contributed by atoms with van der Waals surface area (Å²) in [6, 6.07) is 0. The molecule has 0 aliphatic rings. The van der Waals surface area contributed by atoms with Crippen LogP contribution in [0.4, 0.5) is 0 Å². The van der Waals surface area contributed by atoms with Gasteiger partial charge in [-0.15, -0.1) is 0 Å². The summed E-state index contributed by atoms with van der Waals surface area (Å²) in [6.07, 6.45) is 1.14. The number of ether oxygens (including phenoxy) is 1. The molecule has 0 unspecified atom stereocenters. The van der Waals surface area contributed by atoms with Crippen molar-refractivity contribution in [1.29, 1.82) is 0 Å². The van der Waals surface area contributed by atoms with Crippen LogP contribution in [0.3, 0.4) is 0 Å². The number of aromatic amines is 1. The Morgan fingerprint density at radius 1 is 1.33 bits per heavy atom. The van der Waals surface area contributed by atoms with Gasteiger partial charge in [0.25, 0.3) is 5.56 Å². The zero-order chi connectivity index (χ0) is 18.3. The van der Waals surface area contributed by atoms with Crippen LogP contribution in [0.5, 0.6) is 0 Å². The number of nitrogens with zero attached hydrogens (tertiary/aromatic N) is 2. The average Bonchev–Trinajstić information content (AvgIpc) is 2.48. The van der Waals surface area contributed by atoms with Crippen molar-refractivity contribution in [2.75, 3.05) is 19.7 Å². The van der Waals surface area contributed by atoms with Crippen LogP contribution in [-0.4, -0.2) is 51.9 Å². The van der Waals surface area contributed by atoms with Gasteiger partial charge in [-0.25, -0.2) is 4.79 Å². The molecular formula is C14H20N4O6. The minimum atomic E-state index is -0.753. The number of nitrogens with two attached hydrogens (primary N) is 1. The minimum Gasteiger partial charge on any atom is -0.466 e. The SMILES string of the molecule is CCOC(=O)CCN(CC(N)=O)C(=O)Cn1cc(C)c(=O)[nH]c1=O. The van der Waals surface area contributed by atoms with Crippen molar-refractivity contribution in [2.24, 2.45) is 5.73 Å². The van der Waals surface area contributed by atoms with Gasteiger partial charge in [0.15, 0.2) is 0 Å². The third-order valence-electron chi connectivity index (χ3n) is 3.09. The normalized spacial score (nSPS) is 10.2.